The van der Waals surface area contributed by atoms with Crippen LogP contribution < -0.4 is 16.4 Å². The maximum Gasteiger partial charge on any atom is 0.250 e. The van der Waals surface area contributed by atoms with Gasteiger partial charge in [-0.15, -0.1) is 0 Å². The highest BCUT2D eigenvalue weighted by molar-refractivity contribution is 6.34. The number of carbonyl (C=O) groups is 1. The molecule has 0 aromatic heterocycles. The van der Waals surface area contributed by atoms with Gasteiger partial charge in [-0.25, -0.2) is 0 Å². The number of carbonyl (C=O) groups excluding carboxylic acids is 1. The molecule has 1 aromatic rings. The summed E-state index contributed by atoms with van der Waals surface area (Å²) < 4.78 is 0. The molecular weight excluding hydrogens is 250 g/mol. The lowest BCUT2D eigenvalue weighted by Gasteiger charge is -2.20. The van der Waals surface area contributed by atoms with E-state index < -0.39 is 5.91 Å². The summed E-state index contributed by atoms with van der Waals surface area (Å²) in [6.07, 6.45) is 1.09. The van der Waals surface area contributed by atoms with E-state index in [0.29, 0.717) is 16.5 Å². The van der Waals surface area contributed by atoms with Crippen molar-refractivity contribution in [1.29, 1.82) is 0 Å². The molecule has 0 bridgehead atoms. The number of rotatable bonds is 3. The van der Waals surface area contributed by atoms with Gasteiger partial charge in [0.15, 0.2) is 0 Å². The molecule has 4 nitrogen and oxygen atoms in total. The average molecular weight is 268 g/mol. The Labute approximate surface area is 112 Å². The number of hydrogen-bond donors (Lipinski definition) is 2. The Kier molecular flexibility index (Phi) is 3.78. The largest absolute Gasteiger partial charge is 0.371 e. The lowest BCUT2D eigenvalue weighted by molar-refractivity contribution is 0.100. The van der Waals surface area contributed by atoms with Gasteiger partial charge in [0.1, 0.15) is 0 Å². The van der Waals surface area contributed by atoms with Gasteiger partial charge in [0.25, 0.3) is 0 Å². The van der Waals surface area contributed by atoms with Crippen LogP contribution in [0.3, 0.4) is 0 Å². The van der Waals surface area contributed by atoms with Crippen LogP contribution in [0.15, 0.2) is 18.2 Å². The van der Waals surface area contributed by atoms with E-state index in [1.54, 1.807) is 12.1 Å². The quantitative estimate of drug-likeness (QED) is 0.874. The number of halogens is 1. The van der Waals surface area contributed by atoms with E-state index in [-0.39, 0.29) is 6.04 Å². The van der Waals surface area contributed by atoms with E-state index >= 15 is 0 Å². The molecular formula is C13H18ClN3O. The summed E-state index contributed by atoms with van der Waals surface area (Å²) in [5.74, 6) is 0.0148. The van der Waals surface area contributed by atoms with Crippen LogP contribution in [-0.2, 0) is 0 Å². The molecule has 1 aliphatic rings. The molecule has 2 unspecified atom stereocenters. The second-order valence-electron chi connectivity index (χ2n) is 4.88. The topological polar surface area (TPSA) is 72.3 Å². The van der Waals surface area contributed by atoms with Gasteiger partial charge in [0.2, 0.25) is 5.91 Å². The van der Waals surface area contributed by atoms with Crippen LogP contribution in [0.5, 0.6) is 0 Å². The van der Waals surface area contributed by atoms with Gasteiger partial charge in [-0.1, -0.05) is 11.6 Å². The van der Waals surface area contributed by atoms with Gasteiger partial charge < -0.3 is 16.4 Å². The maximum absolute atomic E-state index is 11.1. The van der Waals surface area contributed by atoms with E-state index in [9.17, 15) is 4.79 Å². The van der Waals surface area contributed by atoms with Crippen LogP contribution in [0.25, 0.3) is 0 Å². The SMILES string of the molecule is CC(N)C1CCN(c2ccc(C(N)=O)c(Cl)c2)C1. The zero-order valence-corrected chi connectivity index (χ0v) is 11.2. The van der Waals surface area contributed by atoms with Crippen molar-refractivity contribution in [3.05, 3.63) is 28.8 Å². The molecule has 18 heavy (non-hydrogen) atoms. The predicted molar refractivity (Wildman–Crippen MR) is 73.9 cm³/mol. The summed E-state index contributed by atoms with van der Waals surface area (Å²) in [4.78, 5) is 13.3. The van der Waals surface area contributed by atoms with Crippen molar-refractivity contribution < 1.29 is 4.79 Å². The minimum atomic E-state index is -0.499. The third kappa shape index (κ3) is 2.60. The zero-order valence-electron chi connectivity index (χ0n) is 10.4. The van der Waals surface area contributed by atoms with Crippen molar-refractivity contribution in [3.63, 3.8) is 0 Å². The molecule has 0 saturated carbocycles. The minimum Gasteiger partial charge on any atom is -0.371 e. The zero-order chi connectivity index (χ0) is 13.3. The summed E-state index contributed by atoms with van der Waals surface area (Å²) in [6.45, 7) is 3.94. The molecule has 1 fully saturated rings. The Morgan fingerprint density at radius 1 is 1.56 bits per heavy atom. The number of benzene rings is 1. The van der Waals surface area contributed by atoms with Crippen molar-refractivity contribution in [3.8, 4) is 0 Å². The fourth-order valence-corrected chi connectivity index (χ4v) is 2.62. The lowest BCUT2D eigenvalue weighted by atomic mass is 10.0. The molecule has 1 amide bonds. The van der Waals surface area contributed by atoms with Gasteiger partial charge in [-0.2, -0.15) is 0 Å². The number of nitrogens with two attached hydrogens (primary N) is 2. The average Bonchev–Trinajstić information content (AvgIpc) is 2.77. The lowest BCUT2D eigenvalue weighted by Crippen LogP contribution is -2.29. The standard InChI is InChI=1S/C13H18ClN3O/c1-8(15)9-4-5-17(7-9)10-2-3-11(13(16)18)12(14)6-10/h2-3,6,8-9H,4-5,7,15H2,1H3,(H2,16,18). The highest BCUT2D eigenvalue weighted by Crippen LogP contribution is 2.28. The van der Waals surface area contributed by atoms with Gasteiger partial charge in [0.05, 0.1) is 10.6 Å². The predicted octanol–water partition coefficient (Wildman–Crippen LogP) is 1.61. The summed E-state index contributed by atoms with van der Waals surface area (Å²) in [5.41, 5.74) is 12.5. The Morgan fingerprint density at radius 3 is 2.78 bits per heavy atom. The van der Waals surface area contributed by atoms with Crippen LogP contribution in [0.4, 0.5) is 5.69 Å². The van der Waals surface area contributed by atoms with Crippen molar-refractivity contribution in [2.24, 2.45) is 17.4 Å². The third-order valence-corrected chi connectivity index (χ3v) is 3.86. The first-order valence-electron chi connectivity index (χ1n) is 6.09. The van der Waals surface area contributed by atoms with E-state index in [1.165, 1.54) is 0 Å². The summed E-state index contributed by atoms with van der Waals surface area (Å²) in [6, 6.07) is 5.57. The second kappa shape index (κ2) is 5.16. The van der Waals surface area contributed by atoms with E-state index in [4.69, 9.17) is 23.1 Å². The number of amides is 1. The summed E-state index contributed by atoms with van der Waals surface area (Å²) >= 11 is 6.05. The Morgan fingerprint density at radius 2 is 2.28 bits per heavy atom. The number of nitrogens with zero attached hydrogens (tertiary/aromatic N) is 1. The normalized spacial score (nSPS) is 21.1. The van der Waals surface area contributed by atoms with Crippen LogP contribution in [-0.4, -0.2) is 25.0 Å². The molecule has 98 valence electrons. The monoisotopic (exact) mass is 267 g/mol. The Balaban J connectivity index is 2.16. The Bertz CT molecular complexity index is 462. The first kappa shape index (κ1) is 13.2. The molecule has 0 aliphatic carbocycles. The molecule has 5 heteroatoms. The number of anilines is 1. The van der Waals surface area contributed by atoms with Gasteiger partial charge in [0, 0.05) is 24.8 Å². The maximum atomic E-state index is 11.1. The van der Waals surface area contributed by atoms with Crippen molar-refractivity contribution in [1.82, 2.24) is 0 Å². The molecule has 2 atom stereocenters. The molecule has 4 N–H and O–H groups in total. The van der Waals surface area contributed by atoms with Crippen molar-refractivity contribution >= 4 is 23.2 Å². The summed E-state index contributed by atoms with van der Waals surface area (Å²) in [5, 5.41) is 0.407. The van der Waals surface area contributed by atoms with Crippen molar-refractivity contribution in [2.45, 2.75) is 19.4 Å². The van der Waals surface area contributed by atoms with Gasteiger partial charge in [-0.05, 0) is 37.5 Å². The van der Waals surface area contributed by atoms with Gasteiger partial charge >= 0.3 is 0 Å². The minimum absolute atomic E-state index is 0.204. The smallest absolute Gasteiger partial charge is 0.250 e. The molecule has 2 rings (SSSR count). The van der Waals surface area contributed by atoms with E-state index in [1.807, 2.05) is 13.0 Å². The van der Waals surface area contributed by atoms with E-state index in [2.05, 4.69) is 4.90 Å². The summed E-state index contributed by atoms with van der Waals surface area (Å²) in [7, 11) is 0. The van der Waals surface area contributed by atoms with Crippen molar-refractivity contribution in [2.75, 3.05) is 18.0 Å². The first-order chi connectivity index (χ1) is 8.49. The van der Waals surface area contributed by atoms with Crippen LogP contribution >= 0.6 is 11.6 Å². The number of hydrogen-bond acceptors (Lipinski definition) is 3. The molecule has 1 aromatic carbocycles. The molecule has 0 radical (unpaired) electrons. The highest BCUT2D eigenvalue weighted by atomic mass is 35.5. The van der Waals surface area contributed by atoms with Gasteiger partial charge in [-0.3, -0.25) is 4.79 Å². The van der Waals surface area contributed by atoms with Crippen LogP contribution in [0.1, 0.15) is 23.7 Å². The Hall–Kier alpha value is -1.26. The second-order valence-corrected chi connectivity index (χ2v) is 5.29. The molecule has 0 spiro atoms. The molecule has 1 saturated heterocycles. The van der Waals surface area contributed by atoms with Crippen LogP contribution in [0, 0.1) is 5.92 Å². The third-order valence-electron chi connectivity index (χ3n) is 3.55. The van der Waals surface area contributed by atoms with E-state index in [0.717, 1.165) is 25.2 Å². The number of primary amides is 1. The highest BCUT2D eigenvalue weighted by Gasteiger charge is 2.25. The molecule has 1 heterocycles. The molecule has 1 aliphatic heterocycles. The fourth-order valence-electron chi connectivity index (χ4n) is 2.35. The fraction of sp³-hybridized carbons (Fsp3) is 0.462. The van der Waals surface area contributed by atoms with Crippen LogP contribution in [0.2, 0.25) is 5.02 Å². The first-order valence-corrected chi connectivity index (χ1v) is 6.46.